The molecule has 0 saturated carbocycles. The van der Waals surface area contributed by atoms with Gasteiger partial charge < -0.3 is 21.3 Å². The third-order valence-electron chi connectivity index (χ3n) is 2.70. The Labute approximate surface area is 122 Å². The number of phenolic OH excluding ortho intramolecular Hbond substituents is 2. The van der Waals surface area contributed by atoms with E-state index in [4.69, 9.17) is 5.73 Å². The normalized spacial score (nSPS) is 9.57. The fourth-order valence-corrected chi connectivity index (χ4v) is 1.70. The molecule has 5 heteroatoms. The van der Waals surface area contributed by atoms with Gasteiger partial charge in [-0.25, -0.2) is 0 Å². The SMILES string of the molecule is NCC#Cc1ccc(NC(=O)c2ccc(O)cc2O)cc1. The molecular formula is C16H14N2O3. The van der Waals surface area contributed by atoms with Gasteiger partial charge in [-0.15, -0.1) is 0 Å². The maximum absolute atomic E-state index is 12.0. The van der Waals surface area contributed by atoms with E-state index in [-0.39, 0.29) is 17.1 Å². The molecule has 0 spiro atoms. The Hall–Kier alpha value is -2.97. The monoisotopic (exact) mass is 282 g/mol. The van der Waals surface area contributed by atoms with Crippen molar-refractivity contribution in [3.8, 4) is 23.3 Å². The van der Waals surface area contributed by atoms with E-state index in [1.165, 1.54) is 12.1 Å². The molecular weight excluding hydrogens is 268 g/mol. The molecule has 0 radical (unpaired) electrons. The Morgan fingerprint density at radius 2 is 1.86 bits per heavy atom. The largest absolute Gasteiger partial charge is 0.508 e. The van der Waals surface area contributed by atoms with Crippen LogP contribution in [0.1, 0.15) is 15.9 Å². The van der Waals surface area contributed by atoms with Crippen LogP contribution in [0.4, 0.5) is 5.69 Å². The summed E-state index contributed by atoms with van der Waals surface area (Å²) in [5.74, 6) is 4.76. The van der Waals surface area contributed by atoms with Gasteiger partial charge in [0.05, 0.1) is 12.1 Å². The number of benzene rings is 2. The molecule has 0 aromatic heterocycles. The number of amides is 1. The summed E-state index contributed by atoms with van der Waals surface area (Å²) < 4.78 is 0. The Kier molecular flexibility index (Phi) is 4.44. The summed E-state index contributed by atoms with van der Waals surface area (Å²) in [7, 11) is 0. The smallest absolute Gasteiger partial charge is 0.259 e. The lowest BCUT2D eigenvalue weighted by Crippen LogP contribution is -2.11. The van der Waals surface area contributed by atoms with Crippen LogP contribution in [0.2, 0.25) is 0 Å². The summed E-state index contributed by atoms with van der Waals surface area (Å²) in [6.45, 7) is 0.290. The van der Waals surface area contributed by atoms with Crippen LogP contribution in [0, 0.1) is 11.8 Å². The fourth-order valence-electron chi connectivity index (χ4n) is 1.70. The Balaban J connectivity index is 2.12. The van der Waals surface area contributed by atoms with E-state index in [0.29, 0.717) is 12.2 Å². The summed E-state index contributed by atoms with van der Waals surface area (Å²) in [4.78, 5) is 12.0. The lowest BCUT2D eigenvalue weighted by molar-refractivity contribution is 0.102. The topological polar surface area (TPSA) is 95.6 Å². The van der Waals surface area contributed by atoms with Gasteiger partial charge in [-0.2, -0.15) is 0 Å². The highest BCUT2D eigenvalue weighted by atomic mass is 16.3. The number of anilines is 1. The second-order valence-electron chi connectivity index (χ2n) is 4.24. The van der Waals surface area contributed by atoms with E-state index < -0.39 is 5.91 Å². The minimum atomic E-state index is -0.465. The van der Waals surface area contributed by atoms with Crippen molar-refractivity contribution in [2.45, 2.75) is 0 Å². The van der Waals surface area contributed by atoms with Crippen molar-refractivity contribution in [2.24, 2.45) is 5.73 Å². The van der Waals surface area contributed by atoms with E-state index in [1.807, 2.05) is 0 Å². The van der Waals surface area contributed by atoms with E-state index in [0.717, 1.165) is 11.6 Å². The van der Waals surface area contributed by atoms with Crippen molar-refractivity contribution in [1.29, 1.82) is 0 Å². The number of hydrogen-bond acceptors (Lipinski definition) is 4. The zero-order valence-electron chi connectivity index (χ0n) is 11.1. The number of carbonyl (C=O) groups is 1. The number of nitrogens with one attached hydrogen (secondary N) is 1. The molecule has 0 aliphatic heterocycles. The van der Waals surface area contributed by atoms with Crippen LogP contribution in [-0.2, 0) is 0 Å². The molecule has 5 nitrogen and oxygen atoms in total. The van der Waals surface area contributed by atoms with Crippen molar-refractivity contribution in [3.63, 3.8) is 0 Å². The second-order valence-corrected chi connectivity index (χ2v) is 4.24. The van der Waals surface area contributed by atoms with Gasteiger partial charge in [0.1, 0.15) is 11.5 Å². The Morgan fingerprint density at radius 3 is 2.48 bits per heavy atom. The average Bonchev–Trinajstić information content (AvgIpc) is 2.46. The van der Waals surface area contributed by atoms with Gasteiger partial charge in [0.2, 0.25) is 0 Å². The maximum Gasteiger partial charge on any atom is 0.259 e. The maximum atomic E-state index is 12.0. The van der Waals surface area contributed by atoms with E-state index in [9.17, 15) is 15.0 Å². The van der Waals surface area contributed by atoms with Gasteiger partial charge in [0, 0.05) is 17.3 Å². The van der Waals surface area contributed by atoms with Gasteiger partial charge >= 0.3 is 0 Å². The first-order valence-corrected chi connectivity index (χ1v) is 6.22. The van der Waals surface area contributed by atoms with Crippen molar-refractivity contribution >= 4 is 11.6 Å². The van der Waals surface area contributed by atoms with Gasteiger partial charge in [-0.05, 0) is 36.4 Å². The van der Waals surface area contributed by atoms with Crippen molar-refractivity contribution in [1.82, 2.24) is 0 Å². The van der Waals surface area contributed by atoms with Crippen molar-refractivity contribution in [3.05, 3.63) is 53.6 Å². The Bertz CT molecular complexity index is 713. The number of hydrogen-bond donors (Lipinski definition) is 4. The van der Waals surface area contributed by atoms with E-state index in [2.05, 4.69) is 17.2 Å². The number of rotatable bonds is 2. The van der Waals surface area contributed by atoms with Crippen LogP contribution < -0.4 is 11.1 Å². The minimum Gasteiger partial charge on any atom is -0.508 e. The van der Waals surface area contributed by atoms with Crippen LogP contribution in [-0.4, -0.2) is 22.7 Å². The molecule has 0 unspecified atom stereocenters. The summed E-state index contributed by atoms with van der Waals surface area (Å²) in [5.41, 5.74) is 6.74. The van der Waals surface area contributed by atoms with Crippen LogP contribution in [0.25, 0.3) is 0 Å². The second kappa shape index (κ2) is 6.46. The first kappa shape index (κ1) is 14.4. The summed E-state index contributed by atoms with van der Waals surface area (Å²) in [6.07, 6.45) is 0. The molecule has 0 fully saturated rings. The molecule has 21 heavy (non-hydrogen) atoms. The van der Waals surface area contributed by atoms with Gasteiger partial charge in [-0.3, -0.25) is 4.79 Å². The molecule has 106 valence electrons. The van der Waals surface area contributed by atoms with Crippen molar-refractivity contribution < 1.29 is 15.0 Å². The van der Waals surface area contributed by atoms with Gasteiger partial charge in [0.15, 0.2) is 0 Å². The minimum absolute atomic E-state index is 0.0831. The summed E-state index contributed by atoms with van der Waals surface area (Å²) >= 11 is 0. The highest BCUT2D eigenvalue weighted by Crippen LogP contribution is 2.23. The molecule has 0 atom stereocenters. The molecule has 0 aliphatic carbocycles. The summed E-state index contributed by atoms with van der Waals surface area (Å²) in [5, 5.41) is 21.5. The van der Waals surface area contributed by atoms with Crippen LogP contribution >= 0.6 is 0 Å². The fraction of sp³-hybridized carbons (Fsp3) is 0.0625. The molecule has 2 aromatic carbocycles. The highest BCUT2D eigenvalue weighted by molar-refractivity contribution is 6.06. The summed E-state index contributed by atoms with van der Waals surface area (Å²) in [6, 6.07) is 10.7. The molecule has 2 aromatic rings. The van der Waals surface area contributed by atoms with Crippen LogP contribution in [0.5, 0.6) is 11.5 Å². The zero-order valence-corrected chi connectivity index (χ0v) is 11.1. The first-order chi connectivity index (χ1) is 10.1. The van der Waals surface area contributed by atoms with Gasteiger partial charge in [-0.1, -0.05) is 11.8 Å². The number of nitrogens with two attached hydrogens (primary N) is 1. The first-order valence-electron chi connectivity index (χ1n) is 6.22. The van der Waals surface area contributed by atoms with E-state index >= 15 is 0 Å². The lowest BCUT2D eigenvalue weighted by atomic mass is 10.1. The molecule has 0 heterocycles. The molecule has 2 rings (SSSR count). The number of phenols is 2. The molecule has 0 saturated heterocycles. The molecule has 0 bridgehead atoms. The number of carbonyl (C=O) groups excluding carboxylic acids is 1. The molecule has 1 amide bonds. The predicted molar refractivity (Wildman–Crippen MR) is 80.1 cm³/mol. The van der Waals surface area contributed by atoms with Crippen molar-refractivity contribution in [2.75, 3.05) is 11.9 Å². The lowest BCUT2D eigenvalue weighted by Gasteiger charge is -2.07. The van der Waals surface area contributed by atoms with E-state index in [1.54, 1.807) is 24.3 Å². The Morgan fingerprint density at radius 1 is 1.14 bits per heavy atom. The third-order valence-corrected chi connectivity index (χ3v) is 2.70. The van der Waals surface area contributed by atoms with Gasteiger partial charge in [0.25, 0.3) is 5.91 Å². The highest BCUT2D eigenvalue weighted by Gasteiger charge is 2.11. The van der Waals surface area contributed by atoms with Crippen LogP contribution in [0.15, 0.2) is 42.5 Å². The third kappa shape index (κ3) is 3.75. The van der Waals surface area contributed by atoms with Crippen LogP contribution in [0.3, 0.4) is 0 Å². The molecule has 5 N–H and O–H groups in total. The standard InChI is InChI=1S/C16H14N2O3/c17-9-1-2-11-3-5-12(6-4-11)18-16(21)14-8-7-13(19)10-15(14)20/h3-8,10,19-20H,9,17H2,(H,18,21). The average molecular weight is 282 g/mol. The molecule has 0 aliphatic rings. The zero-order chi connectivity index (χ0) is 15.2. The predicted octanol–water partition coefficient (Wildman–Crippen LogP) is 1.66. The number of aromatic hydroxyl groups is 2. The quantitative estimate of drug-likeness (QED) is 0.630.